The van der Waals surface area contributed by atoms with Gasteiger partial charge in [0.05, 0.1) is 43.4 Å². The van der Waals surface area contributed by atoms with Crippen molar-refractivity contribution in [1.29, 1.82) is 0 Å². The molecular weight excluding hydrogens is 438 g/mol. The minimum absolute atomic E-state index is 0.0207. The standard InChI is InChI=1S/C25H25N3O4S/c1-4-32-25(30)19-11-17-12-22(31-3)24(29)20(13-28-9-8-26-15-28)23(17)27-21(19)14-33-18-7-5-6-16(2)10-18/h5-12,15,29H,4,13-14H2,1-3H3. The van der Waals surface area contributed by atoms with Crippen LogP contribution in [0.15, 0.2) is 60.0 Å². The Morgan fingerprint density at radius 1 is 1.24 bits per heavy atom. The molecule has 4 rings (SSSR count). The summed E-state index contributed by atoms with van der Waals surface area (Å²) in [6.45, 7) is 4.45. The zero-order valence-corrected chi connectivity index (χ0v) is 19.6. The number of imidazole rings is 1. The number of nitrogens with zero attached hydrogens (tertiary/aromatic N) is 3. The quantitative estimate of drug-likeness (QED) is 0.292. The molecule has 8 heteroatoms. The average molecular weight is 464 g/mol. The van der Waals surface area contributed by atoms with Crippen molar-refractivity contribution in [2.45, 2.75) is 31.0 Å². The van der Waals surface area contributed by atoms with E-state index in [0.29, 0.717) is 45.8 Å². The molecule has 0 amide bonds. The summed E-state index contributed by atoms with van der Waals surface area (Å²) >= 11 is 1.60. The van der Waals surface area contributed by atoms with Gasteiger partial charge in [0.1, 0.15) is 0 Å². The zero-order valence-electron chi connectivity index (χ0n) is 18.7. The Kier molecular flexibility index (Phi) is 6.84. The van der Waals surface area contributed by atoms with Crippen molar-refractivity contribution in [2.24, 2.45) is 0 Å². The number of hydrogen-bond acceptors (Lipinski definition) is 7. The maximum Gasteiger partial charge on any atom is 0.340 e. The first-order valence-corrected chi connectivity index (χ1v) is 11.5. The molecule has 0 fully saturated rings. The number of phenolic OH excluding ortho intramolecular Hbond substituents is 1. The van der Waals surface area contributed by atoms with Gasteiger partial charge in [-0.15, -0.1) is 11.8 Å². The molecule has 4 aromatic rings. The Balaban J connectivity index is 1.84. The first-order chi connectivity index (χ1) is 16.0. The number of ether oxygens (including phenoxy) is 2. The summed E-state index contributed by atoms with van der Waals surface area (Å²) in [7, 11) is 1.49. The predicted octanol–water partition coefficient (Wildman–Crippen LogP) is 4.97. The molecule has 0 aliphatic heterocycles. The Labute approximate surface area is 196 Å². The van der Waals surface area contributed by atoms with Crippen LogP contribution in [0.1, 0.15) is 34.1 Å². The first kappa shape index (κ1) is 22.7. The minimum atomic E-state index is -0.421. The van der Waals surface area contributed by atoms with E-state index in [1.807, 2.05) is 35.9 Å². The number of carbonyl (C=O) groups is 1. The number of thioether (sulfide) groups is 1. The van der Waals surface area contributed by atoms with Crippen LogP contribution in [0.5, 0.6) is 11.5 Å². The van der Waals surface area contributed by atoms with Gasteiger partial charge in [-0.1, -0.05) is 17.7 Å². The summed E-state index contributed by atoms with van der Waals surface area (Å²) in [6.07, 6.45) is 5.16. The number of aromatic nitrogens is 3. The van der Waals surface area contributed by atoms with Crippen molar-refractivity contribution < 1.29 is 19.4 Å². The largest absolute Gasteiger partial charge is 0.504 e. The molecule has 0 radical (unpaired) electrons. The molecule has 0 saturated heterocycles. The highest BCUT2D eigenvalue weighted by molar-refractivity contribution is 7.98. The van der Waals surface area contributed by atoms with Crippen molar-refractivity contribution in [3.8, 4) is 11.5 Å². The summed E-state index contributed by atoms with van der Waals surface area (Å²) in [4.78, 5) is 22.8. The lowest BCUT2D eigenvalue weighted by molar-refractivity contribution is 0.0525. The number of methoxy groups -OCH3 is 1. The number of fused-ring (bicyclic) bond motifs is 1. The van der Waals surface area contributed by atoms with E-state index in [9.17, 15) is 9.90 Å². The highest BCUT2D eigenvalue weighted by atomic mass is 32.2. The molecule has 0 saturated carbocycles. The lowest BCUT2D eigenvalue weighted by atomic mass is 10.0. The van der Waals surface area contributed by atoms with Gasteiger partial charge in [-0.05, 0) is 38.1 Å². The minimum Gasteiger partial charge on any atom is -0.504 e. The zero-order chi connectivity index (χ0) is 23.4. The lowest BCUT2D eigenvalue weighted by Gasteiger charge is -2.16. The van der Waals surface area contributed by atoms with Crippen LogP contribution in [0.4, 0.5) is 0 Å². The van der Waals surface area contributed by atoms with Crippen molar-refractivity contribution in [3.63, 3.8) is 0 Å². The highest BCUT2D eigenvalue weighted by Gasteiger charge is 2.21. The summed E-state index contributed by atoms with van der Waals surface area (Å²) in [5, 5.41) is 11.6. The number of aryl methyl sites for hydroxylation is 1. The summed E-state index contributed by atoms with van der Waals surface area (Å²) in [5.74, 6) is 0.392. The number of aromatic hydroxyl groups is 1. The third-order valence-electron chi connectivity index (χ3n) is 5.20. The Morgan fingerprint density at radius 2 is 2.09 bits per heavy atom. The number of pyridine rings is 1. The van der Waals surface area contributed by atoms with Crippen LogP contribution in [0, 0.1) is 6.92 Å². The molecule has 2 aromatic heterocycles. The molecule has 33 heavy (non-hydrogen) atoms. The van der Waals surface area contributed by atoms with Crippen LogP contribution < -0.4 is 4.74 Å². The molecule has 170 valence electrons. The van der Waals surface area contributed by atoms with E-state index in [0.717, 1.165) is 10.5 Å². The number of carbonyl (C=O) groups excluding carboxylic acids is 1. The maximum atomic E-state index is 12.8. The van der Waals surface area contributed by atoms with Gasteiger partial charge in [-0.2, -0.15) is 0 Å². The molecule has 0 spiro atoms. The van der Waals surface area contributed by atoms with E-state index in [4.69, 9.17) is 14.5 Å². The Bertz CT molecular complexity index is 1290. The molecule has 0 bridgehead atoms. The van der Waals surface area contributed by atoms with E-state index in [-0.39, 0.29) is 12.4 Å². The van der Waals surface area contributed by atoms with Crippen molar-refractivity contribution >= 4 is 28.6 Å². The molecule has 0 atom stereocenters. The fraction of sp³-hybridized carbons (Fsp3) is 0.240. The number of esters is 1. The third-order valence-corrected chi connectivity index (χ3v) is 6.21. The number of rotatable bonds is 8. The van der Waals surface area contributed by atoms with Gasteiger partial charge >= 0.3 is 5.97 Å². The second kappa shape index (κ2) is 9.95. The van der Waals surface area contributed by atoms with E-state index >= 15 is 0 Å². The van der Waals surface area contributed by atoms with Gasteiger partial charge in [0.15, 0.2) is 11.5 Å². The first-order valence-electron chi connectivity index (χ1n) is 10.5. The van der Waals surface area contributed by atoms with Crippen molar-refractivity contribution in [1.82, 2.24) is 14.5 Å². The summed E-state index contributed by atoms with van der Waals surface area (Å²) < 4.78 is 12.5. The van der Waals surface area contributed by atoms with E-state index in [1.165, 1.54) is 7.11 Å². The van der Waals surface area contributed by atoms with Gasteiger partial charge in [0.25, 0.3) is 0 Å². The molecule has 2 heterocycles. The molecule has 1 N–H and O–H groups in total. The van der Waals surface area contributed by atoms with Crippen molar-refractivity contribution in [2.75, 3.05) is 13.7 Å². The van der Waals surface area contributed by atoms with E-state index < -0.39 is 5.97 Å². The maximum absolute atomic E-state index is 12.8. The summed E-state index contributed by atoms with van der Waals surface area (Å²) in [5.41, 5.74) is 3.38. The van der Waals surface area contributed by atoms with Crippen LogP contribution in [-0.2, 0) is 17.0 Å². The van der Waals surface area contributed by atoms with E-state index in [1.54, 1.807) is 43.3 Å². The Hall–Kier alpha value is -3.52. The highest BCUT2D eigenvalue weighted by Crippen LogP contribution is 2.38. The Morgan fingerprint density at radius 3 is 2.79 bits per heavy atom. The van der Waals surface area contributed by atoms with Gasteiger partial charge < -0.3 is 19.1 Å². The van der Waals surface area contributed by atoms with Crippen LogP contribution in [-0.4, -0.2) is 39.3 Å². The monoisotopic (exact) mass is 463 g/mol. The van der Waals surface area contributed by atoms with Gasteiger partial charge in [0, 0.05) is 34.0 Å². The predicted molar refractivity (Wildman–Crippen MR) is 128 cm³/mol. The topological polar surface area (TPSA) is 86.5 Å². The normalized spacial score (nSPS) is 11.0. The number of hydrogen-bond donors (Lipinski definition) is 1. The molecule has 0 unspecified atom stereocenters. The number of benzene rings is 2. The molecule has 7 nitrogen and oxygen atoms in total. The van der Waals surface area contributed by atoms with Gasteiger partial charge in [-0.25, -0.2) is 9.78 Å². The smallest absolute Gasteiger partial charge is 0.340 e. The molecular formula is C25H25N3O4S. The van der Waals surface area contributed by atoms with Crippen molar-refractivity contribution in [3.05, 3.63) is 77.5 Å². The van der Waals surface area contributed by atoms with Gasteiger partial charge in [0.2, 0.25) is 0 Å². The second-order valence-corrected chi connectivity index (χ2v) is 8.57. The third kappa shape index (κ3) is 4.96. The SMILES string of the molecule is CCOC(=O)c1cc2cc(OC)c(O)c(Cn3ccnc3)c2nc1CSc1cccc(C)c1. The fourth-order valence-electron chi connectivity index (χ4n) is 3.61. The van der Waals surface area contributed by atoms with Crippen LogP contribution in [0.3, 0.4) is 0 Å². The number of phenols is 1. The summed E-state index contributed by atoms with van der Waals surface area (Å²) in [6, 6.07) is 11.6. The second-order valence-electron chi connectivity index (χ2n) is 7.52. The lowest BCUT2D eigenvalue weighted by Crippen LogP contribution is -2.11. The molecule has 0 aliphatic carbocycles. The fourth-order valence-corrected chi connectivity index (χ4v) is 4.58. The van der Waals surface area contributed by atoms with E-state index in [2.05, 4.69) is 11.1 Å². The van der Waals surface area contributed by atoms with Crippen LogP contribution >= 0.6 is 11.8 Å². The molecule has 0 aliphatic rings. The molecule has 2 aromatic carbocycles. The van der Waals surface area contributed by atoms with Crippen LogP contribution in [0.2, 0.25) is 0 Å². The van der Waals surface area contributed by atoms with Crippen LogP contribution in [0.25, 0.3) is 10.9 Å². The van der Waals surface area contributed by atoms with Gasteiger partial charge in [-0.3, -0.25) is 4.98 Å². The average Bonchev–Trinajstić information content (AvgIpc) is 3.32.